The highest BCUT2D eigenvalue weighted by molar-refractivity contribution is 6.78. The lowest BCUT2D eigenvalue weighted by molar-refractivity contribution is -0.00471. The van der Waals surface area contributed by atoms with Gasteiger partial charge in [-0.2, -0.15) is 0 Å². The van der Waals surface area contributed by atoms with Crippen molar-refractivity contribution in [2.75, 3.05) is 6.61 Å². The predicted octanol–water partition coefficient (Wildman–Crippen LogP) is 7.43. The predicted molar refractivity (Wildman–Crippen MR) is 138 cm³/mol. The third kappa shape index (κ3) is 6.55. The Morgan fingerprint density at radius 2 is 1.19 bits per heavy atom. The fourth-order valence-corrected chi connectivity index (χ4v) is 12.1. The molecule has 0 spiro atoms. The average Bonchev–Trinajstić information content (AvgIpc) is 3.00. The van der Waals surface area contributed by atoms with Crippen molar-refractivity contribution in [2.45, 2.75) is 96.5 Å². The summed E-state index contributed by atoms with van der Waals surface area (Å²) in [6.45, 7) is 17.1. The van der Waals surface area contributed by atoms with Crippen molar-refractivity contribution in [3.8, 4) is 0 Å². The minimum Gasteiger partial charge on any atom is -0.376 e. The summed E-state index contributed by atoms with van der Waals surface area (Å²) in [5, 5.41) is 0. The van der Waals surface area contributed by atoms with Gasteiger partial charge in [-0.15, -0.1) is 0 Å². The Labute approximate surface area is 193 Å². The zero-order valence-corrected chi connectivity index (χ0v) is 22.2. The van der Waals surface area contributed by atoms with Crippen molar-refractivity contribution in [3.05, 3.63) is 48.6 Å². The van der Waals surface area contributed by atoms with Gasteiger partial charge in [-0.1, -0.05) is 74.4 Å². The summed E-state index contributed by atoms with van der Waals surface area (Å²) in [6.07, 6.45) is 24.4. The molecule has 0 heterocycles. The van der Waals surface area contributed by atoms with E-state index < -0.39 is 8.24 Å². The molecule has 5 unspecified atom stereocenters. The van der Waals surface area contributed by atoms with Gasteiger partial charge in [0.25, 0.3) is 0 Å². The highest BCUT2D eigenvalue weighted by atomic mass is 28.3. The van der Waals surface area contributed by atoms with E-state index in [9.17, 15) is 0 Å². The van der Waals surface area contributed by atoms with E-state index in [0.717, 1.165) is 12.1 Å². The molecular weight excluding hydrogens is 394 g/mol. The van der Waals surface area contributed by atoms with Crippen LogP contribution in [0, 0.1) is 23.7 Å². The van der Waals surface area contributed by atoms with Crippen LogP contribution in [0.1, 0.15) is 67.2 Å². The zero-order chi connectivity index (χ0) is 22.7. The van der Waals surface area contributed by atoms with Gasteiger partial charge < -0.3 is 9.72 Å². The number of ether oxygens (including phenoxy) is 1. The van der Waals surface area contributed by atoms with Gasteiger partial charge in [0.2, 0.25) is 0 Å². The summed E-state index contributed by atoms with van der Waals surface area (Å²) >= 11 is 0. The molecule has 3 heteroatoms. The normalized spacial score (nSPS) is 31.5. The van der Waals surface area contributed by atoms with E-state index in [1.165, 1.54) is 31.7 Å². The maximum Gasteiger partial charge on any atom is 0.127 e. The molecule has 5 atom stereocenters. The molecular formula is C28H47NOSi. The number of rotatable bonds is 9. The van der Waals surface area contributed by atoms with Crippen molar-refractivity contribution in [1.29, 1.82) is 0 Å². The second-order valence-electron chi connectivity index (χ2n) is 12.3. The first-order chi connectivity index (χ1) is 14.5. The van der Waals surface area contributed by atoms with Gasteiger partial charge in [0, 0.05) is 12.1 Å². The minimum atomic E-state index is -1.72. The topological polar surface area (TPSA) is 21.3 Å². The van der Waals surface area contributed by atoms with Crippen LogP contribution in [-0.2, 0) is 4.74 Å². The highest BCUT2D eigenvalue weighted by Crippen LogP contribution is 2.58. The SMILES string of the molecule is CC(C)(C)N[Si](C)(CCCCCCOC(C)(C)C)C1C2C=CC=CC2C2C=CC=CC21. The molecule has 0 radical (unpaired) electrons. The van der Waals surface area contributed by atoms with Gasteiger partial charge in [0.05, 0.1) is 5.60 Å². The van der Waals surface area contributed by atoms with Crippen molar-refractivity contribution in [2.24, 2.45) is 23.7 Å². The van der Waals surface area contributed by atoms with E-state index in [0.29, 0.717) is 23.7 Å². The lowest BCUT2D eigenvalue weighted by atomic mass is 9.83. The minimum absolute atomic E-state index is 0.0123. The molecule has 0 aliphatic heterocycles. The quantitative estimate of drug-likeness (QED) is 0.297. The van der Waals surface area contributed by atoms with Crippen molar-refractivity contribution in [3.63, 3.8) is 0 Å². The van der Waals surface area contributed by atoms with E-state index in [4.69, 9.17) is 4.74 Å². The number of hydrogen-bond acceptors (Lipinski definition) is 2. The van der Waals surface area contributed by atoms with Crippen molar-refractivity contribution >= 4 is 8.24 Å². The summed E-state index contributed by atoms with van der Waals surface area (Å²) in [5.74, 6) is 2.70. The van der Waals surface area contributed by atoms with Crippen LogP contribution in [0.2, 0.25) is 18.1 Å². The second-order valence-corrected chi connectivity index (χ2v) is 16.5. The van der Waals surface area contributed by atoms with Gasteiger partial charge in [-0.3, -0.25) is 0 Å². The molecule has 31 heavy (non-hydrogen) atoms. The van der Waals surface area contributed by atoms with Crippen molar-refractivity contribution in [1.82, 2.24) is 4.98 Å². The fourth-order valence-electron chi connectivity index (χ4n) is 6.37. The Morgan fingerprint density at radius 1 is 0.710 bits per heavy atom. The molecule has 0 aromatic rings. The first-order valence-corrected chi connectivity index (χ1v) is 15.4. The van der Waals surface area contributed by atoms with Gasteiger partial charge >= 0.3 is 0 Å². The number of fused-ring (bicyclic) bond motifs is 3. The molecule has 0 aromatic carbocycles. The number of unbranched alkanes of at least 4 members (excludes halogenated alkanes) is 3. The largest absolute Gasteiger partial charge is 0.376 e. The number of nitrogens with one attached hydrogen (secondary N) is 1. The van der Waals surface area contributed by atoms with Crippen LogP contribution in [0.5, 0.6) is 0 Å². The Morgan fingerprint density at radius 3 is 1.68 bits per heavy atom. The van der Waals surface area contributed by atoms with E-state index in [1.54, 1.807) is 0 Å². The van der Waals surface area contributed by atoms with Crippen LogP contribution in [0.25, 0.3) is 0 Å². The van der Waals surface area contributed by atoms with Gasteiger partial charge in [-0.25, -0.2) is 0 Å². The molecule has 3 aliphatic rings. The Bertz CT molecular complexity index is 674. The first kappa shape index (κ1) is 24.7. The average molecular weight is 442 g/mol. The fraction of sp³-hybridized carbons (Fsp3) is 0.714. The van der Waals surface area contributed by atoms with Crippen molar-refractivity contribution < 1.29 is 4.74 Å². The van der Waals surface area contributed by atoms with Gasteiger partial charge in [0.15, 0.2) is 0 Å². The standard InChI is InChI=1S/C28H47NOSi/c1-27(2,3)29-31(7,21-15-9-8-14-20-30-28(4,5)6)26-24-18-12-10-16-22(24)23-17-11-13-19-25(23)26/h10-13,16-19,22-26,29H,8-9,14-15,20-21H2,1-7H3. The van der Waals surface area contributed by atoms with E-state index in [2.05, 4.69) is 102 Å². The molecule has 3 aliphatic carbocycles. The number of allylic oxidation sites excluding steroid dienone is 8. The maximum absolute atomic E-state index is 5.91. The first-order valence-electron chi connectivity index (χ1n) is 12.6. The molecule has 3 rings (SSSR count). The van der Waals surface area contributed by atoms with Crippen LogP contribution in [0.15, 0.2) is 48.6 Å². The van der Waals surface area contributed by atoms with E-state index in [1.807, 2.05) is 0 Å². The monoisotopic (exact) mass is 441 g/mol. The second kappa shape index (κ2) is 9.93. The van der Waals surface area contributed by atoms with Gasteiger partial charge in [-0.05, 0) is 83.2 Å². The summed E-state index contributed by atoms with van der Waals surface area (Å²) in [4.78, 5) is 4.26. The summed E-state index contributed by atoms with van der Waals surface area (Å²) in [6, 6.07) is 1.37. The maximum atomic E-state index is 5.91. The molecule has 0 aromatic heterocycles. The van der Waals surface area contributed by atoms with Crippen LogP contribution in [0.4, 0.5) is 0 Å². The molecule has 0 saturated heterocycles. The van der Waals surface area contributed by atoms with Crippen LogP contribution in [0.3, 0.4) is 0 Å². The number of hydrogen-bond donors (Lipinski definition) is 1. The Hall–Kier alpha value is -0.903. The Balaban J connectivity index is 1.68. The molecule has 1 fully saturated rings. The van der Waals surface area contributed by atoms with E-state index in [-0.39, 0.29) is 11.1 Å². The Kier molecular flexibility index (Phi) is 7.92. The lowest BCUT2D eigenvalue weighted by Crippen LogP contribution is -2.60. The third-order valence-electron chi connectivity index (χ3n) is 7.24. The molecule has 1 saturated carbocycles. The molecule has 0 bridgehead atoms. The molecule has 174 valence electrons. The zero-order valence-electron chi connectivity index (χ0n) is 21.2. The molecule has 1 N–H and O–H groups in total. The van der Waals surface area contributed by atoms with Gasteiger partial charge in [0.1, 0.15) is 8.24 Å². The summed E-state index contributed by atoms with van der Waals surface area (Å²) in [7, 11) is -1.72. The third-order valence-corrected chi connectivity index (χ3v) is 12.2. The summed E-state index contributed by atoms with van der Waals surface area (Å²) < 4.78 is 5.91. The van der Waals surface area contributed by atoms with Crippen LogP contribution >= 0.6 is 0 Å². The smallest absolute Gasteiger partial charge is 0.127 e. The summed E-state index contributed by atoms with van der Waals surface area (Å²) in [5.41, 5.74) is 0.910. The van der Waals surface area contributed by atoms with Crippen LogP contribution < -0.4 is 4.98 Å². The van der Waals surface area contributed by atoms with E-state index >= 15 is 0 Å². The lowest BCUT2D eigenvalue weighted by Gasteiger charge is -2.45. The molecule has 0 amide bonds. The highest BCUT2D eigenvalue weighted by Gasteiger charge is 2.55. The molecule has 2 nitrogen and oxygen atoms in total. The van der Waals surface area contributed by atoms with Crippen LogP contribution in [-0.4, -0.2) is 26.0 Å².